The molecule has 0 spiro atoms. The number of likely N-dealkylation sites (tertiary alicyclic amines) is 1. The third-order valence-electron chi connectivity index (χ3n) is 4.84. The number of aromatic nitrogens is 2. The van der Waals surface area contributed by atoms with Crippen molar-refractivity contribution in [3.8, 4) is 0 Å². The third-order valence-corrected chi connectivity index (χ3v) is 4.84. The van der Waals surface area contributed by atoms with Gasteiger partial charge in [0.05, 0.1) is 11.8 Å². The van der Waals surface area contributed by atoms with E-state index in [2.05, 4.69) is 16.5 Å². The molecule has 1 aliphatic heterocycles. The fraction of sp³-hybridized carbons (Fsp3) is 0.333. The number of benzene rings is 1. The number of carbonyl (C=O) groups is 1. The number of piperidine rings is 1. The molecule has 29 heavy (non-hydrogen) atoms. The Morgan fingerprint density at radius 1 is 1.21 bits per heavy atom. The van der Waals surface area contributed by atoms with Gasteiger partial charge in [-0.25, -0.2) is 9.78 Å². The predicted molar refractivity (Wildman–Crippen MR) is 111 cm³/mol. The molecule has 1 aromatic heterocycles. The van der Waals surface area contributed by atoms with Gasteiger partial charge in [0.2, 0.25) is 5.82 Å². The lowest BCUT2D eigenvalue weighted by Crippen LogP contribution is -2.33. The van der Waals surface area contributed by atoms with E-state index in [0.29, 0.717) is 18.0 Å². The lowest BCUT2D eigenvalue weighted by molar-refractivity contribution is -0.390. The van der Waals surface area contributed by atoms with Gasteiger partial charge >= 0.3 is 11.8 Å². The van der Waals surface area contributed by atoms with Crippen molar-refractivity contribution in [2.75, 3.05) is 26.2 Å². The zero-order valence-electron chi connectivity index (χ0n) is 16.2. The van der Waals surface area contributed by atoms with Crippen LogP contribution in [0.15, 0.2) is 37.0 Å². The number of nitrogens with zero attached hydrogens (tertiary/aromatic N) is 4. The standard InChI is InChI=1S/C21H24N4O4/c1-2-24-19(22-16-20(24)25(27)28)11-8-17-6-9-18(10-7-17)21(26)29-15-14-23-12-4-3-5-13-23/h2,6-11,16H,1,3-5,12-15H2. The molecule has 1 saturated heterocycles. The molecule has 0 aliphatic carbocycles. The van der Waals surface area contributed by atoms with Crippen LogP contribution in [0, 0.1) is 10.1 Å². The first-order valence-electron chi connectivity index (χ1n) is 9.60. The maximum absolute atomic E-state index is 12.2. The van der Waals surface area contributed by atoms with E-state index in [1.165, 1.54) is 36.2 Å². The second-order valence-corrected chi connectivity index (χ2v) is 6.78. The molecule has 0 N–H and O–H groups in total. The minimum absolute atomic E-state index is 0.151. The quantitative estimate of drug-likeness (QED) is 0.384. The first kappa shape index (κ1) is 20.5. The summed E-state index contributed by atoms with van der Waals surface area (Å²) in [6, 6.07) is 6.97. The summed E-state index contributed by atoms with van der Waals surface area (Å²) < 4.78 is 6.66. The summed E-state index contributed by atoms with van der Waals surface area (Å²) in [5.74, 6) is -0.0921. The highest BCUT2D eigenvalue weighted by molar-refractivity contribution is 5.89. The SMILES string of the molecule is C=Cn1c([N+](=O)[O-])cnc1C=Cc1ccc(C(=O)OCCN2CCCCC2)cc1. The molecule has 0 amide bonds. The van der Waals surface area contributed by atoms with E-state index in [0.717, 1.165) is 25.2 Å². The number of hydrogen-bond donors (Lipinski definition) is 0. The van der Waals surface area contributed by atoms with Crippen molar-refractivity contribution in [3.63, 3.8) is 0 Å². The van der Waals surface area contributed by atoms with Gasteiger partial charge in [-0.05, 0) is 54.6 Å². The van der Waals surface area contributed by atoms with Crippen LogP contribution in [-0.2, 0) is 4.74 Å². The molecule has 1 fully saturated rings. The highest BCUT2D eigenvalue weighted by atomic mass is 16.6. The summed E-state index contributed by atoms with van der Waals surface area (Å²) in [6.45, 7) is 6.89. The van der Waals surface area contributed by atoms with Gasteiger partial charge in [0.1, 0.15) is 12.8 Å². The van der Waals surface area contributed by atoms with Crippen LogP contribution >= 0.6 is 0 Å². The Hall–Kier alpha value is -3.26. The van der Waals surface area contributed by atoms with E-state index < -0.39 is 4.92 Å². The Labute approximate surface area is 169 Å². The molecule has 2 aromatic rings. The number of nitro groups is 1. The van der Waals surface area contributed by atoms with Crippen molar-refractivity contribution < 1.29 is 14.5 Å². The van der Waals surface area contributed by atoms with Crippen LogP contribution in [0.5, 0.6) is 0 Å². The van der Waals surface area contributed by atoms with Crippen molar-refractivity contribution >= 4 is 30.1 Å². The predicted octanol–water partition coefficient (Wildman–Crippen LogP) is 3.70. The molecule has 0 bridgehead atoms. The molecule has 0 radical (unpaired) electrons. The van der Waals surface area contributed by atoms with E-state index in [9.17, 15) is 14.9 Å². The normalized spacial score (nSPS) is 14.8. The molecule has 8 heteroatoms. The summed E-state index contributed by atoms with van der Waals surface area (Å²) in [7, 11) is 0. The van der Waals surface area contributed by atoms with Gasteiger partial charge in [-0.2, -0.15) is 4.57 Å². The Bertz CT molecular complexity index is 896. The van der Waals surface area contributed by atoms with E-state index in [4.69, 9.17) is 4.74 Å². The van der Waals surface area contributed by atoms with Gasteiger partial charge < -0.3 is 14.9 Å². The van der Waals surface area contributed by atoms with Crippen LogP contribution in [-0.4, -0.2) is 51.6 Å². The lowest BCUT2D eigenvalue weighted by atomic mass is 10.1. The Balaban J connectivity index is 1.55. The Morgan fingerprint density at radius 3 is 2.59 bits per heavy atom. The fourth-order valence-corrected chi connectivity index (χ4v) is 3.25. The van der Waals surface area contributed by atoms with E-state index in [1.54, 1.807) is 36.4 Å². The van der Waals surface area contributed by atoms with Crippen LogP contribution in [0.25, 0.3) is 18.4 Å². The van der Waals surface area contributed by atoms with Crippen LogP contribution in [0.4, 0.5) is 5.82 Å². The number of esters is 1. The van der Waals surface area contributed by atoms with Crippen molar-refractivity contribution in [2.45, 2.75) is 19.3 Å². The average Bonchev–Trinajstić information content (AvgIpc) is 3.16. The molecular formula is C21H24N4O4. The van der Waals surface area contributed by atoms with Gasteiger partial charge in [-0.3, -0.25) is 4.90 Å². The van der Waals surface area contributed by atoms with Crippen LogP contribution in [0.2, 0.25) is 0 Å². The molecule has 0 saturated carbocycles. The second kappa shape index (κ2) is 9.79. The van der Waals surface area contributed by atoms with E-state index in [1.807, 2.05) is 0 Å². The Morgan fingerprint density at radius 2 is 1.93 bits per heavy atom. The largest absolute Gasteiger partial charge is 0.461 e. The molecule has 1 aliphatic rings. The minimum Gasteiger partial charge on any atom is -0.461 e. The first-order valence-corrected chi connectivity index (χ1v) is 9.60. The Kier molecular flexibility index (Phi) is 6.91. The highest BCUT2D eigenvalue weighted by Gasteiger charge is 2.16. The van der Waals surface area contributed by atoms with Crippen molar-refractivity contribution in [3.05, 3.63) is 64.1 Å². The smallest absolute Gasteiger partial charge is 0.347 e. The summed E-state index contributed by atoms with van der Waals surface area (Å²) >= 11 is 0. The molecular weight excluding hydrogens is 372 g/mol. The van der Waals surface area contributed by atoms with Gasteiger partial charge in [-0.1, -0.05) is 25.1 Å². The summed E-state index contributed by atoms with van der Waals surface area (Å²) in [4.78, 5) is 29.0. The number of hydrogen-bond acceptors (Lipinski definition) is 6. The van der Waals surface area contributed by atoms with Crippen molar-refractivity contribution in [1.29, 1.82) is 0 Å². The minimum atomic E-state index is -0.516. The van der Waals surface area contributed by atoms with E-state index in [-0.39, 0.29) is 11.8 Å². The summed E-state index contributed by atoms with van der Waals surface area (Å²) in [5, 5.41) is 11.0. The maximum atomic E-state index is 12.2. The zero-order valence-corrected chi connectivity index (χ0v) is 16.2. The third kappa shape index (κ3) is 5.39. The molecule has 0 atom stereocenters. The van der Waals surface area contributed by atoms with Crippen LogP contribution < -0.4 is 0 Å². The molecule has 8 nitrogen and oxygen atoms in total. The van der Waals surface area contributed by atoms with Gasteiger partial charge in [0.15, 0.2) is 0 Å². The average molecular weight is 396 g/mol. The highest BCUT2D eigenvalue weighted by Crippen LogP contribution is 2.17. The molecule has 1 aromatic carbocycles. The number of rotatable bonds is 8. The number of imidazole rings is 1. The maximum Gasteiger partial charge on any atom is 0.347 e. The fourth-order valence-electron chi connectivity index (χ4n) is 3.25. The zero-order chi connectivity index (χ0) is 20.6. The number of ether oxygens (including phenoxy) is 1. The molecule has 2 heterocycles. The van der Waals surface area contributed by atoms with Crippen molar-refractivity contribution in [1.82, 2.24) is 14.5 Å². The first-order chi connectivity index (χ1) is 14.1. The summed E-state index contributed by atoms with van der Waals surface area (Å²) in [6.07, 6.45) is 9.65. The molecule has 0 unspecified atom stereocenters. The second-order valence-electron chi connectivity index (χ2n) is 6.78. The lowest BCUT2D eigenvalue weighted by Gasteiger charge is -2.25. The number of carbonyl (C=O) groups excluding carboxylic acids is 1. The topological polar surface area (TPSA) is 90.5 Å². The van der Waals surface area contributed by atoms with E-state index >= 15 is 0 Å². The molecule has 3 rings (SSSR count). The van der Waals surface area contributed by atoms with Crippen LogP contribution in [0.1, 0.15) is 41.0 Å². The molecule has 152 valence electrons. The van der Waals surface area contributed by atoms with Crippen LogP contribution in [0.3, 0.4) is 0 Å². The van der Waals surface area contributed by atoms with Gasteiger partial charge in [0.25, 0.3) is 0 Å². The van der Waals surface area contributed by atoms with Gasteiger partial charge in [0, 0.05) is 12.6 Å². The summed E-state index contributed by atoms with van der Waals surface area (Å²) in [5.41, 5.74) is 1.32. The monoisotopic (exact) mass is 396 g/mol. The van der Waals surface area contributed by atoms with Gasteiger partial charge in [-0.15, -0.1) is 0 Å². The van der Waals surface area contributed by atoms with Crippen molar-refractivity contribution in [2.24, 2.45) is 0 Å².